The zero-order chi connectivity index (χ0) is 10.2. The quantitative estimate of drug-likeness (QED) is 0.605. The number of hydrogen-bond donors (Lipinski definition) is 1. The molecule has 0 spiro atoms. The van der Waals surface area contributed by atoms with Crippen LogP contribution in [0.3, 0.4) is 0 Å². The summed E-state index contributed by atoms with van der Waals surface area (Å²) in [7, 11) is 0. The number of carbonyl (C=O) groups is 1. The van der Waals surface area contributed by atoms with Crippen LogP contribution >= 0.6 is 34.8 Å². The van der Waals surface area contributed by atoms with Crippen LogP contribution in [-0.2, 0) is 0 Å². The molecule has 0 aliphatic carbocycles. The van der Waals surface area contributed by atoms with Crippen molar-refractivity contribution in [2.45, 2.75) is 0 Å². The number of halogens is 4. The second kappa shape index (κ2) is 3.70. The standard InChI is InChI=1S/C7H2Cl3FO2/c8-3-1-2(7(12)13)6(11)5(10)4(3)9/h1H,(H,12,13). The average Bonchev–Trinajstić information content (AvgIpc) is 2.07. The summed E-state index contributed by atoms with van der Waals surface area (Å²) in [5, 5.41) is 7.74. The monoisotopic (exact) mass is 242 g/mol. The first kappa shape index (κ1) is 10.6. The van der Waals surface area contributed by atoms with Crippen molar-refractivity contribution in [3.63, 3.8) is 0 Å². The van der Waals surface area contributed by atoms with Crippen LogP contribution in [0.4, 0.5) is 4.39 Å². The highest BCUT2D eigenvalue weighted by Gasteiger charge is 2.18. The van der Waals surface area contributed by atoms with Crippen molar-refractivity contribution in [3.05, 3.63) is 32.5 Å². The van der Waals surface area contributed by atoms with Gasteiger partial charge in [-0.2, -0.15) is 0 Å². The van der Waals surface area contributed by atoms with Gasteiger partial charge in [-0.15, -0.1) is 0 Å². The number of carboxylic acid groups (broad SMARTS) is 1. The summed E-state index contributed by atoms with van der Waals surface area (Å²) in [5.74, 6) is -2.53. The largest absolute Gasteiger partial charge is 0.478 e. The topological polar surface area (TPSA) is 37.3 Å². The van der Waals surface area contributed by atoms with Crippen molar-refractivity contribution < 1.29 is 14.3 Å². The second-order valence-corrected chi connectivity index (χ2v) is 3.32. The summed E-state index contributed by atoms with van der Waals surface area (Å²) in [6.45, 7) is 0. The van der Waals surface area contributed by atoms with Crippen LogP contribution < -0.4 is 0 Å². The number of aromatic carboxylic acids is 1. The fraction of sp³-hybridized carbons (Fsp3) is 0. The fourth-order valence-corrected chi connectivity index (χ4v) is 1.32. The third-order valence-corrected chi connectivity index (χ3v) is 2.57. The van der Waals surface area contributed by atoms with Gasteiger partial charge < -0.3 is 5.11 Å². The highest BCUT2D eigenvalue weighted by molar-refractivity contribution is 6.48. The van der Waals surface area contributed by atoms with E-state index in [1.807, 2.05) is 0 Å². The molecular weight excluding hydrogens is 241 g/mol. The number of benzene rings is 1. The molecule has 0 saturated carbocycles. The van der Waals surface area contributed by atoms with Crippen LogP contribution in [0.1, 0.15) is 10.4 Å². The van der Waals surface area contributed by atoms with Crippen LogP contribution in [0.15, 0.2) is 6.07 Å². The Hall–Kier alpha value is -0.510. The van der Waals surface area contributed by atoms with Gasteiger partial charge >= 0.3 is 5.97 Å². The molecule has 1 N–H and O–H groups in total. The summed E-state index contributed by atoms with van der Waals surface area (Å²) in [6, 6.07) is 0.910. The Morgan fingerprint density at radius 2 is 1.85 bits per heavy atom. The molecule has 1 rings (SSSR count). The van der Waals surface area contributed by atoms with Gasteiger partial charge in [0.05, 0.1) is 20.6 Å². The minimum absolute atomic E-state index is 0.0922. The summed E-state index contributed by atoms with van der Waals surface area (Å²) < 4.78 is 13.0. The molecule has 0 bridgehead atoms. The van der Waals surface area contributed by atoms with E-state index in [0.717, 1.165) is 6.07 Å². The third-order valence-electron chi connectivity index (χ3n) is 1.33. The zero-order valence-electron chi connectivity index (χ0n) is 5.94. The van der Waals surface area contributed by atoms with E-state index in [0.29, 0.717) is 0 Å². The first-order valence-electron chi connectivity index (χ1n) is 3.01. The van der Waals surface area contributed by atoms with Gasteiger partial charge in [0.1, 0.15) is 0 Å². The van der Waals surface area contributed by atoms with Gasteiger partial charge in [0.25, 0.3) is 0 Å². The van der Waals surface area contributed by atoms with E-state index in [2.05, 4.69) is 0 Å². The van der Waals surface area contributed by atoms with Gasteiger partial charge in [-0.25, -0.2) is 9.18 Å². The number of rotatable bonds is 1. The van der Waals surface area contributed by atoms with Crippen LogP contribution in [-0.4, -0.2) is 11.1 Å². The SMILES string of the molecule is O=C(O)c1cc(Cl)c(Cl)c(Cl)c1F. The normalized spacial score (nSPS) is 10.2. The highest BCUT2D eigenvalue weighted by atomic mass is 35.5. The van der Waals surface area contributed by atoms with E-state index in [9.17, 15) is 9.18 Å². The third kappa shape index (κ3) is 1.88. The molecule has 0 unspecified atom stereocenters. The lowest BCUT2D eigenvalue weighted by atomic mass is 10.2. The van der Waals surface area contributed by atoms with E-state index in [1.165, 1.54) is 0 Å². The van der Waals surface area contributed by atoms with Crippen molar-refractivity contribution >= 4 is 40.8 Å². The van der Waals surface area contributed by atoms with Gasteiger partial charge in [0, 0.05) is 0 Å². The Morgan fingerprint density at radius 1 is 1.31 bits per heavy atom. The summed E-state index contributed by atoms with van der Waals surface area (Å²) in [4.78, 5) is 10.4. The van der Waals surface area contributed by atoms with Crippen LogP contribution in [0.5, 0.6) is 0 Å². The molecule has 0 saturated heterocycles. The molecule has 1 aromatic carbocycles. The van der Waals surface area contributed by atoms with Crippen molar-refractivity contribution in [2.75, 3.05) is 0 Å². The smallest absolute Gasteiger partial charge is 0.338 e. The molecule has 1 aromatic rings. The Balaban J connectivity index is 3.50. The zero-order valence-corrected chi connectivity index (χ0v) is 8.21. The van der Waals surface area contributed by atoms with E-state index in [-0.39, 0.29) is 10.0 Å². The Bertz CT molecular complexity index is 378. The van der Waals surface area contributed by atoms with Crippen molar-refractivity contribution in [1.82, 2.24) is 0 Å². The second-order valence-electron chi connectivity index (χ2n) is 2.15. The maximum absolute atomic E-state index is 13.0. The highest BCUT2D eigenvalue weighted by Crippen LogP contribution is 2.33. The molecular formula is C7H2Cl3FO2. The van der Waals surface area contributed by atoms with Crippen molar-refractivity contribution in [2.24, 2.45) is 0 Å². The van der Waals surface area contributed by atoms with Gasteiger partial charge in [0.2, 0.25) is 0 Å². The molecule has 0 heterocycles. The molecule has 0 aromatic heterocycles. The first-order valence-corrected chi connectivity index (χ1v) is 4.14. The maximum Gasteiger partial charge on any atom is 0.338 e. The number of hydrogen-bond acceptors (Lipinski definition) is 1. The van der Waals surface area contributed by atoms with Gasteiger partial charge in [-0.3, -0.25) is 0 Å². The molecule has 0 fully saturated rings. The molecule has 0 atom stereocenters. The predicted octanol–water partition coefficient (Wildman–Crippen LogP) is 3.48. The molecule has 0 aliphatic rings. The lowest BCUT2D eigenvalue weighted by Gasteiger charge is -2.03. The first-order chi connectivity index (χ1) is 5.95. The Kier molecular flexibility index (Phi) is 3.01. The van der Waals surface area contributed by atoms with Crippen LogP contribution in [0, 0.1) is 5.82 Å². The predicted molar refractivity (Wildman–Crippen MR) is 48.4 cm³/mol. The van der Waals surface area contributed by atoms with Gasteiger partial charge in [0.15, 0.2) is 5.82 Å². The van der Waals surface area contributed by atoms with Crippen molar-refractivity contribution in [3.8, 4) is 0 Å². The Labute approximate surface area is 87.8 Å². The average molecular weight is 243 g/mol. The van der Waals surface area contributed by atoms with E-state index < -0.39 is 22.4 Å². The maximum atomic E-state index is 13.0. The molecule has 0 aliphatic heterocycles. The Morgan fingerprint density at radius 3 is 2.31 bits per heavy atom. The number of carboxylic acids is 1. The van der Waals surface area contributed by atoms with E-state index in [1.54, 1.807) is 0 Å². The lowest BCUT2D eigenvalue weighted by molar-refractivity contribution is 0.0692. The van der Waals surface area contributed by atoms with Crippen molar-refractivity contribution in [1.29, 1.82) is 0 Å². The fourth-order valence-electron chi connectivity index (χ4n) is 0.728. The lowest BCUT2D eigenvalue weighted by Crippen LogP contribution is -2.01. The molecule has 0 radical (unpaired) electrons. The molecule has 0 amide bonds. The van der Waals surface area contributed by atoms with Gasteiger partial charge in [-0.1, -0.05) is 34.8 Å². The summed E-state index contributed by atoms with van der Waals surface area (Å²) in [6.07, 6.45) is 0. The summed E-state index contributed by atoms with van der Waals surface area (Å²) >= 11 is 16.3. The minimum Gasteiger partial charge on any atom is -0.478 e. The molecule has 13 heavy (non-hydrogen) atoms. The van der Waals surface area contributed by atoms with Crippen LogP contribution in [0.2, 0.25) is 15.1 Å². The van der Waals surface area contributed by atoms with Crippen LogP contribution in [0.25, 0.3) is 0 Å². The summed E-state index contributed by atoms with van der Waals surface area (Å²) in [5.41, 5.74) is -0.598. The molecule has 6 heteroatoms. The van der Waals surface area contributed by atoms with E-state index >= 15 is 0 Å². The molecule has 2 nitrogen and oxygen atoms in total. The minimum atomic E-state index is -1.45. The molecule has 70 valence electrons. The van der Waals surface area contributed by atoms with E-state index in [4.69, 9.17) is 39.9 Å². The van der Waals surface area contributed by atoms with Gasteiger partial charge in [-0.05, 0) is 6.07 Å².